The van der Waals surface area contributed by atoms with Crippen LogP contribution in [0.15, 0.2) is 15.8 Å². The highest BCUT2D eigenvalue weighted by Gasteiger charge is 2.16. The maximum absolute atomic E-state index is 11.6. The summed E-state index contributed by atoms with van der Waals surface area (Å²) in [6.07, 6.45) is 6.42. The number of nitrogens with zero attached hydrogens (tertiary/aromatic N) is 1. The first kappa shape index (κ1) is 11.1. The number of aromatic nitrogens is 2. The Hall–Kier alpha value is -1.36. The summed E-state index contributed by atoms with van der Waals surface area (Å²) in [5, 5.41) is 0. The van der Waals surface area contributed by atoms with E-state index in [0.29, 0.717) is 18.0 Å². The molecule has 88 valence electrons. The van der Waals surface area contributed by atoms with E-state index in [-0.39, 0.29) is 17.8 Å². The van der Waals surface area contributed by atoms with Crippen molar-refractivity contribution in [1.29, 1.82) is 0 Å². The van der Waals surface area contributed by atoms with Crippen LogP contribution in [0.3, 0.4) is 0 Å². The highest BCUT2D eigenvalue weighted by atomic mass is 16.2. The van der Waals surface area contributed by atoms with E-state index < -0.39 is 0 Å². The lowest BCUT2D eigenvalue weighted by Gasteiger charge is -2.11. The zero-order valence-corrected chi connectivity index (χ0v) is 9.24. The van der Waals surface area contributed by atoms with Gasteiger partial charge in [0.2, 0.25) is 0 Å². The third-order valence-electron chi connectivity index (χ3n) is 3.23. The molecule has 0 amide bonds. The van der Waals surface area contributed by atoms with E-state index in [1.165, 1.54) is 25.7 Å². The molecule has 1 aromatic rings. The molecule has 0 bridgehead atoms. The third-order valence-corrected chi connectivity index (χ3v) is 3.23. The number of nitrogens with two attached hydrogens (primary N) is 1. The predicted octanol–water partition coefficient (Wildman–Crippen LogP) is 0.185. The van der Waals surface area contributed by atoms with E-state index in [1.54, 1.807) is 10.8 Å². The van der Waals surface area contributed by atoms with E-state index in [2.05, 4.69) is 4.98 Å². The van der Waals surface area contributed by atoms with Crippen molar-refractivity contribution in [2.75, 3.05) is 0 Å². The van der Waals surface area contributed by atoms with Gasteiger partial charge in [-0.1, -0.05) is 12.8 Å². The summed E-state index contributed by atoms with van der Waals surface area (Å²) in [6.45, 7) is 0.864. The Morgan fingerprint density at radius 3 is 2.69 bits per heavy atom. The van der Waals surface area contributed by atoms with Crippen molar-refractivity contribution in [2.24, 2.45) is 11.7 Å². The van der Waals surface area contributed by atoms with Gasteiger partial charge in [0.15, 0.2) is 0 Å². The maximum Gasteiger partial charge on any atom is 0.328 e. The van der Waals surface area contributed by atoms with Crippen molar-refractivity contribution in [2.45, 2.75) is 38.8 Å². The summed E-state index contributed by atoms with van der Waals surface area (Å²) in [5.74, 6) is 0.564. The highest BCUT2D eigenvalue weighted by Crippen LogP contribution is 2.25. The smallest absolute Gasteiger partial charge is 0.326 e. The fourth-order valence-electron chi connectivity index (χ4n) is 2.31. The number of aromatic amines is 1. The summed E-state index contributed by atoms with van der Waals surface area (Å²) in [7, 11) is 0. The third kappa shape index (κ3) is 2.24. The quantitative estimate of drug-likeness (QED) is 0.767. The van der Waals surface area contributed by atoms with Gasteiger partial charge in [0, 0.05) is 24.8 Å². The molecule has 1 fully saturated rings. The van der Waals surface area contributed by atoms with Crippen molar-refractivity contribution in [3.63, 3.8) is 0 Å². The van der Waals surface area contributed by atoms with Crippen LogP contribution in [0.2, 0.25) is 0 Å². The average Bonchev–Trinajstić information content (AvgIpc) is 2.75. The van der Waals surface area contributed by atoms with Crippen LogP contribution in [-0.2, 0) is 13.1 Å². The molecule has 5 nitrogen and oxygen atoms in total. The fraction of sp³-hybridized carbons (Fsp3) is 0.636. The van der Waals surface area contributed by atoms with Gasteiger partial charge in [-0.3, -0.25) is 14.3 Å². The Kier molecular flexibility index (Phi) is 3.24. The molecule has 1 aromatic heterocycles. The summed E-state index contributed by atoms with van der Waals surface area (Å²) < 4.78 is 1.58. The zero-order valence-electron chi connectivity index (χ0n) is 9.24. The Labute approximate surface area is 93.3 Å². The fourth-order valence-corrected chi connectivity index (χ4v) is 2.31. The largest absolute Gasteiger partial charge is 0.328 e. The van der Waals surface area contributed by atoms with Gasteiger partial charge in [0.1, 0.15) is 0 Å². The Morgan fingerprint density at radius 1 is 1.38 bits per heavy atom. The number of H-pyrrole nitrogens is 1. The van der Waals surface area contributed by atoms with Gasteiger partial charge in [0.25, 0.3) is 5.56 Å². The molecule has 2 rings (SSSR count). The zero-order chi connectivity index (χ0) is 11.5. The molecular formula is C11H17N3O2. The standard InChI is InChI=1S/C11H17N3O2/c12-5-9-7-14(11(16)13-10(9)15)6-8-3-1-2-4-8/h7-8H,1-6,12H2,(H,13,15,16). The van der Waals surface area contributed by atoms with Gasteiger partial charge < -0.3 is 5.73 Å². The van der Waals surface area contributed by atoms with Crippen LogP contribution in [0.5, 0.6) is 0 Å². The van der Waals surface area contributed by atoms with Gasteiger partial charge in [0.05, 0.1) is 0 Å². The monoisotopic (exact) mass is 223 g/mol. The molecule has 1 heterocycles. The molecule has 1 aliphatic carbocycles. The topological polar surface area (TPSA) is 80.9 Å². The van der Waals surface area contributed by atoms with Gasteiger partial charge in [-0.25, -0.2) is 4.79 Å². The lowest BCUT2D eigenvalue weighted by Crippen LogP contribution is -2.33. The molecule has 0 saturated heterocycles. The molecule has 1 saturated carbocycles. The molecule has 0 unspecified atom stereocenters. The van der Waals surface area contributed by atoms with Crippen LogP contribution in [0.1, 0.15) is 31.2 Å². The van der Waals surface area contributed by atoms with Crippen LogP contribution < -0.4 is 17.0 Å². The van der Waals surface area contributed by atoms with Crippen LogP contribution in [-0.4, -0.2) is 9.55 Å². The molecule has 3 N–H and O–H groups in total. The first-order chi connectivity index (χ1) is 7.70. The minimum Gasteiger partial charge on any atom is -0.326 e. The molecule has 5 heteroatoms. The van der Waals surface area contributed by atoms with E-state index in [9.17, 15) is 9.59 Å². The van der Waals surface area contributed by atoms with E-state index >= 15 is 0 Å². The van der Waals surface area contributed by atoms with Crippen molar-refractivity contribution < 1.29 is 0 Å². The highest BCUT2D eigenvalue weighted by molar-refractivity contribution is 5.03. The van der Waals surface area contributed by atoms with Crippen LogP contribution in [0, 0.1) is 5.92 Å². The van der Waals surface area contributed by atoms with Crippen LogP contribution in [0.4, 0.5) is 0 Å². The predicted molar refractivity (Wildman–Crippen MR) is 61.2 cm³/mol. The minimum atomic E-state index is -0.366. The summed E-state index contributed by atoms with van der Waals surface area (Å²) in [5.41, 5.74) is 5.22. The van der Waals surface area contributed by atoms with Gasteiger partial charge in [-0.15, -0.1) is 0 Å². The molecule has 0 atom stereocenters. The van der Waals surface area contributed by atoms with Gasteiger partial charge in [-0.05, 0) is 18.8 Å². The molecule has 0 aliphatic heterocycles. The van der Waals surface area contributed by atoms with Crippen molar-refractivity contribution in [3.05, 3.63) is 32.6 Å². The van der Waals surface area contributed by atoms with Crippen molar-refractivity contribution in [1.82, 2.24) is 9.55 Å². The van der Waals surface area contributed by atoms with E-state index in [0.717, 1.165) is 0 Å². The van der Waals surface area contributed by atoms with Crippen LogP contribution in [0.25, 0.3) is 0 Å². The summed E-state index contributed by atoms with van der Waals surface area (Å²) in [4.78, 5) is 25.2. The van der Waals surface area contributed by atoms with Gasteiger partial charge >= 0.3 is 5.69 Å². The molecular weight excluding hydrogens is 206 g/mol. The van der Waals surface area contributed by atoms with Crippen LogP contribution >= 0.6 is 0 Å². The van der Waals surface area contributed by atoms with E-state index in [1.807, 2.05) is 0 Å². The Bertz CT molecular complexity index is 469. The van der Waals surface area contributed by atoms with Crippen molar-refractivity contribution >= 4 is 0 Å². The number of nitrogens with one attached hydrogen (secondary N) is 1. The normalized spacial score (nSPS) is 16.8. The molecule has 0 aromatic carbocycles. The molecule has 16 heavy (non-hydrogen) atoms. The Balaban J connectivity index is 2.25. The van der Waals surface area contributed by atoms with Crippen molar-refractivity contribution in [3.8, 4) is 0 Å². The second-order valence-electron chi connectivity index (χ2n) is 4.42. The minimum absolute atomic E-state index is 0.167. The molecule has 1 aliphatic rings. The first-order valence-corrected chi connectivity index (χ1v) is 5.73. The lowest BCUT2D eigenvalue weighted by atomic mass is 10.1. The second-order valence-corrected chi connectivity index (χ2v) is 4.42. The lowest BCUT2D eigenvalue weighted by molar-refractivity contribution is 0.441. The number of rotatable bonds is 3. The van der Waals surface area contributed by atoms with Gasteiger partial charge in [-0.2, -0.15) is 0 Å². The number of hydrogen-bond donors (Lipinski definition) is 2. The molecule has 0 spiro atoms. The Morgan fingerprint density at radius 2 is 2.06 bits per heavy atom. The SMILES string of the molecule is NCc1cn(CC2CCCC2)c(=O)[nH]c1=O. The number of hydrogen-bond acceptors (Lipinski definition) is 3. The average molecular weight is 223 g/mol. The maximum atomic E-state index is 11.6. The van der Waals surface area contributed by atoms with E-state index in [4.69, 9.17) is 5.73 Å². The summed E-state index contributed by atoms with van der Waals surface area (Å²) >= 11 is 0. The first-order valence-electron chi connectivity index (χ1n) is 5.73. The molecule has 0 radical (unpaired) electrons. The second kappa shape index (κ2) is 4.65. The summed E-state index contributed by atoms with van der Waals surface area (Å²) in [6, 6.07) is 0.